The SMILES string of the molecule is COCCCN1C(=S)N[C@@H](c2ccccn2)[C@H]1c1cc(C)n(-c2ccccn2)c1C. The maximum Gasteiger partial charge on any atom is 0.170 e. The molecular weight excluding hydrogens is 394 g/mol. The zero-order valence-corrected chi connectivity index (χ0v) is 18.4. The van der Waals surface area contributed by atoms with Crippen LogP contribution in [-0.2, 0) is 4.74 Å². The highest BCUT2D eigenvalue weighted by Crippen LogP contribution is 2.41. The Hall–Kier alpha value is -2.77. The Bertz CT molecular complexity index is 1010. The molecule has 1 fully saturated rings. The van der Waals surface area contributed by atoms with Crippen LogP contribution in [0.15, 0.2) is 54.9 Å². The van der Waals surface area contributed by atoms with E-state index < -0.39 is 0 Å². The van der Waals surface area contributed by atoms with Gasteiger partial charge in [-0.05, 0) is 68.4 Å². The average molecular weight is 422 g/mol. The minimum Gasteiger partial charge on any atom is -0.385 e. The van der Waals surface area contributed by atoms with Crippen molar-refractivity contribution in [3.63, 3.8) is 0 Å². The van der Waals surface area contributed by atoms with Gasteiger partial charge < -0.3 is 19.5 Å². The largest absolute Gasteiger partial charge is 0.385 e. The van der Waals surface area contributed by atoms with Crippen molar-refractivity contribution >= 4 is 17.3 Å². The molecule has 3 aromatic heterocycles. The summed E-state index contributed by atoms with van der Waals surface area (Å²) in [7, 11) is 1.73. The van der Waals surface area contributed by atoms with Crippen LogP contribution in [-0.4, -0.2) is 44.8 Å². The molecule has 0 aliphatic carbocycles. The van der Waals surface area contributed by atoms with Crippen LogP contribution in [0.25, 0.3) is 5.82 Å². The van der Waals surface area contributed by atoms with Crippen molar-refractivity contribution < 1.29 is 4.74 Å². The molecule has 3 aromatic rings. The number of rotatable bonds is 7. The molecule has 4 heterocycles. The van der Waals surface area contributed by atoms with E-state index in [0.717, 1.165) is 35.3 Å². The first-order chi connectivity index (χ1) is 14.6. The second kappa shape index (κ2) is 8.93. The summed E-state index contributed by atoms with van der Waals surface area (Å²) in [5.74, 6) is 0.924. The Morgan fingerprint density at radius 1 is 1.10 bits per heavy atom. The van der Waals surface area contributed by atoms with Crippen molar-refractivity contribution in [2.45, 2.75) is 32.4 Å². The molecule has 30 heavy (non-hydrogen) atoms. The molecule has 4 rings (SSSR count). The first kappa shape index (κ1) is 20.5. The molecule has 6 nitrogen and oxygen atoms in total. The van der Waals surface area contributed by atoms with Crippen molar-refractivity contribution in [1.82, 2.24) is 24.8 Å². The molecule has 0 bridgehead atoms. The summed E-state index contributed by atoms with van der Waals surface area (Å²) in [6.45, 7) is 5.80. The summed E-state index contributed by atoms with van der Waals surface area (Å²) >= 11 is 5.75. The quantitative estimate of drug-likeness (QED) is 0.461. The van der Waals surface area contributed by atoms with Gasteiger partial charge in [-0.2, -0.15) is 0 Å². The van der Waals surface area contributed by atoms with E-state index in [1.807, 2.05) is 42.7 Å². The lowest BCUT2D eigenvalue weighted by Gasteiger charge is -2.28. The van der Waals surface area contributed by atoms with E-state index in [1.54, 1.807) is 7.11 Å². The number of pyridine rings is 2. The summed E-state index contributed by atoms with van der Waals surface area (Å²) < 4.78 is 7.49. The van der Waals surface area contributed by atoms with E-state index in [4.69, 9.17) is 17.0 Å². The number of nitrogens with zero attached hydrogens (tertiary/aromatic N) is 4. The lowest BCUT2D eigenvalue weighted by molar-refractivity contribution is 0.180. The van der Waals surface area contributed by atoms with Crippen LogP contribution in [0.1, 0.15) is 41.1 Å². The predicted octanol–water partition coefficient (Wildman–Crippen LogP) is 3.89. The van der Waals surface area contributed by atoms with E-state index in [9.17, 15) is 0 Å². The summed E-state index contributed by atoms with van der Waals surface area (Å²) in [4.78, 5) is 11.5. The minimum absolute atomic E-state index is 0.0149. The molecule has 1 aliphatic heterocycles. The van der Waals surface area contributed by atoms with Crippen LogP contribution >= 0.6 is 12.2 Å². The number of thiocarbonyl (C=S) groups is 1. The van der Waals surface area contributed by atoms with E-state index in [2.05, 4.69) is 50.7 Å². The molecule has 0 aromatic carbocycles. The number of ether oxygens (including phenoxy) is 1. The summed E-state index contributed by atoms with van der Waals surface area (Å²) in [5, 5.41) is 4.28. The first-order valence-electron chi connectivity index (χ1n) is 10.2. The van der Waals surface area contributed by atoms with Crippen molar-refractivity contribution in [1.29, 1.82) is 0 Å². The maximum absolute atomic E-state index is 5.75. The first-order valence-corrected chi connectivity index (χ1v) is 10.6. The molecule has 0 saturated carbocycles. The molecule has 0 amide bonds. The Morgan fingerprint density at radius 3 is 2.53 bits per heavy atom. The zero-order valence-electron chi connectivity index (χ0n) is 17.6. The standard InChI is InChI=1S/C23H27N5OS/c1-16-15-18(17(2)28(16)20-10-5-7-12-25-20)22-21(19-9-4-6-11-24-19)26-23(30)27(22)13-8-14-29-3/h4-7,9-12,15,21-22H,8,13-14H2,1-3H3,(H,26,30)/t21-,22+/m0/s1. The van der Waals surface area contributed by atoms with Gasteiger partial charge in [-0.1, -0.05) is 12.1 Å². The minimum atomic E-state index is -0.0149. The Morgan fingerprint density at radius 2 is 1.87 bits per heavy atom. The van der Waals surface area contributed by atoms with Gasteiger partial charge in [-0.25, -0.2) is 4.98 Å². The van der Waals surface area contributed by atoms with Crippen LogP contribution in [0, 0.1) is 13.8 Å². The predicted molar refractivity (Wildman–Crippen MR) is 122 cm³/mol. The molecule has 1 N–H and O–H groups in total. The lowest BCUT2D eigenvalue weighted by atomic mass is 9.96. The molecule has 7 heteroatoms. The molecule has 1 aliphatic rings. The van der Waals surface area contributed by atoms with Crippen molar-refractivity contribution in [2.24, 2.45) is 0 Å². The second-order valence-corrected chi connectivity index (χ2v) is 7.90. The van der Waals surface area contributed by atoms with Gasteiger partial charge in [0.05, 0.1) is 17.8 Å². The van der Waals surface area contributed by atoms with Gasteiger partial charge >= 0.3 is 0 Å². The fourth-order valence-corrected chi connectivity index (χ4v) is 4.62. The number of methoxy groups -OCH3 is 1. The van der Waals surface area contributed by atoms with E-state index in [0.29, 0.717) is 6.61 Å². The Kier molecular flexibility index (Phi) is 6.11. The van der Waals surface area contributed by atoms with Crippen LogP contribution in [0.5, 0.6) is 0 Å². The third-order valence-electron chi connectivity index (χ3n) is 5.61. The van der Waals surface area contributed by atoms with Crippen molar-refractivity contribution in [3.8, 4) is 5.82 Å². The van der Waals surface area contributed by atoms with Gasteiger partial charge in [0.1, 0.15) is 5.82 Å². The van der Waals surface area contributed by atoms with Crippen LogP contribution in [0.4, 0.5) is 0 Å². The van der Waals surface area contributed by atoms with Gasteiger partial charge in [0.15, 0.2) is 5.11 Å². The van der Waals surface area contributed by atoms with Gasteiger partial charge in [0.25, 0.3) is 0 Å². The van der Waals surface area contributed by atoms with Gasteiger partial charge in [-0.3, -0.25) is 4.98 Å². The molecule has 156 valence electrons. The molecule has 0 radical (unpaired) electrons. The summed E-state index contributed by atoms with van der Waals surface area (Å²) in [6.07, 6.45) is 4.57. The zero-order chi connectivity index (χ0) is 21.1. The van der Waals surface area contributed by atoms with Crippen LogP contribution in [0.2, 0.25) is 0 Å². The highest BCUT2D eigenvalue weighted by atomic mass is 32.1. The van der Waals surface area contributed by atoms with Gasteiger partial charge in [0.2, 0.25) is 0 Å². The van der Waals surface area contributed by atoms with Crippen molar-refractivity contribution in [2.75, 3.05) is 20.3 Å². The maximum atomic E-state index is 5.75. The third-order valence-corrected chi connectivity index (χ3v) is 5.96. The lowest BCUT2D eigenvalue weighted by Crippen LogP contribution is -2.31. The monoisotopic (exact) mass is 421 g/mol. The smallest absolute Gasteiger partial charge is 0.170 e. The second-order valence-electron chi connectivity index (χ2n) is 7.52. The molecule has 1 saturated heterocycles. The normalized spacial score (nSPS) is 18.6. The topological polar surface area (TPSA) is 55.2 Å². The van der Waals surface area contributed by atoms with Crippen LogP contribution < -0.4 is 5.32 Å². The Balaban J connectivity index is 1.78. The summed E-state index contributed by atoms with van der Waals surface area (Å²) in [6, 6.07) is 14.3. The highest BCUT2D eigenvalue weighted by Gasteiger charge is 2.41. The molecule has 0 unspecified atom stereocenters. The number of aromatic nitrogens is 3. The molecule has 2 atom stereocenters. The molecular formula is C23H27N5OS. The number of hydrogen-bond acceptors (Lipinski definition) is 4. The van der Waals surface area contributed by atoms with E-state index in [-0.39, 0.29) is 12.1 Å². The van der Waals surface area contributed by atoms with Gasteiger partial charge in [-0.15, -0.1) is 0 Å². The summed E-state index contributed by atoms with van der Waals surface area (Å²) in [5.41, 5.74) is 4.54. The number of hydrogen-bond donors (Lipinski definition) is 1. The van der Waals surface area contributed by atoms with E-state index >= 15 is 0 Å². The Labute approximate surface area is 182 Å². The number of aryl methyl sites for hydroxylation is 1. The van der Waals surface area contributed by atoms with Crippen molar-refractivity contribution in [3.05, 3.63) is 77.5 Å². The highest BCUT2D eigenvalue weighted by molar-refractivity contribution is 7.80. The third kappa shape index (κ3) is 3.82. The van der Waals surface area contributed by atoms with Gasteiger partial charge in [0, 0.05) is 44.0 Å². The molecule has 0 spiro atoms. The average Bonchev–Trinajstić information content (AvgIpc) is 3.25. The fourth-order valence-electron chi connectivity index (χ4n) is 4.29. The number of nitrogens with one attached hydrogen (secondary N) is 1. The van der Waals surface area contributed by atoms with Crippen LogP contribution in [0.3, 0.4) is 0 Å². The fraction of sp³-hybridized carbons (Fsp3) is 0.348. The van der Waals surface area contributed by atoms with E-state index in [1.165, 1.54) is 11.3 Å².